The number of aliphatic hydroxyl groups is 1. The zero-order chi connectivity index (χ0) is 11.8. The number of rotatable bonds is 7. The van der Waals surface area contributed by atoms with Gasteiger partial charge < -0.3 is 10.4 Å². The van der Waals surface area contributed by atoms with E-state index in [9.17, 15) is 5.11 Å². The third-order valence-electron chi connectivity index (χ3n) is 3.72. The Kier molecular flexibility index (Phi) is 7.06. The summed E-state index contributed by atoms with van der Waals surface area (Å²) >= 11 is 0. The topological polar surface area (TPSA) is 32.3 Å². The van der Waals surface area contributed by atoms with Crippen LogP contribution in [0.4, 0.5) is 0 Å². The normalized spacial score (nSPS) is 27.9. The molecule has 1 aliphatic rings. The van der Waals surface area contributed by atoms with Gasteiger partial charge in [-0.3, -0.25) is 0 Å². The monoisotopic (exact) mass is 227 g/mol. The minimum atomic E-state index is -0.102. The average molecular weight is 227 g/mol. The van der Waals surface area contributed by atoms with Crippen LogP contribution < -0.4 is 5.32 Å². The smallest absolute Gasteiger partial charge is 0.0693 e. The van der Waals surface area contributed by atoms with E-state index in [2.05, 4.69) is 19.2 Å². The van der Waals surface area contributed by atoms with Crippen LogP contribution in [0.1, 0.15) is 71.6 Å². The van der Waals surface area contributed by atoms with Gasteiger partial charge in [0, 0.05) is 12.1 Å². The van der Waals surface area contributed by atoms with Crippen LogP contribution in [0.5, 0.6) is 0 Å². The first-order valence-electron chi connectivity index (χ1n) is 7.22. The summed E-state index contributed by atoms with van der Waals surface area (Å²) in [7, 11) is 0. The number of hydrogen-bond donors (Lipinski definition) is 2. The molecule has 2 heteroatoms. The zero-order valence-electron chi connectivity index (χ0n) is 11.0. The highest BCUT2D eigenvalue weighted by Gasteiger charge is 2.24. The van der Waals surface area contributed by atoms with Crippen molar-refractivity contribution >= 4 is 0 Å². The average Bonchev–Trinajstić information content (AvgIpc) is 2.29. The molecule has 0 spiro atoms. The summed E-state index contributed by atoms with van der Waals surface area (Å²) in [6.07, 6.45) is 10.9. The lowest BCUT2D eigenvalue weighted by molar-refractivity contribution is 0.0831. The highest BCUT2D eigenvalue weighted by Crippen LogP contribution is 2.20. The third-order valence-corrected chi connectivity index (χ3v) is 3.72. The van der Waals surface area contributed by atoms with Crippen LogP contribution in [0, 0.1) is 0 Å². The summed E-state index contributed by atoms with van der Waals surface area (Å²) in [6.45, 7) is 4.50. The molecule has 0 heterocycles. The van der Waals surface area contributed by atoms with Crippen molar-refractivity contribution in [3.8, 4) is 0 Å². The lowest BCUT2D eigenvalue weighted by Crippen LogP contribution is -2.47. The van der Waals surface area contributed by atoms with Gasteiger partial charge in [-0.2, -0.15) is 0 Å². The molecule has 3 unspecified atom stereocenters. The Morgan fingerprint density at radius 1 is 1.12 bits per heavy atom. The van der Waals surface area contributed by atoms with E-state index in [-0.39, 0.29) is 6.10 Å². The van der Waals surface area contributed by atoms with Crippen LogP contribution in [-0.2, 0) is 0 Å². The minimum absolute atomic E-state index is 0.102. The molecule has 2 nitrogen and oxygen atoms in total. The molecule has 1 rings (SSSR count). The fraction of sp³-hybridized carbons (Fsp3) is 1.00. The van der Waals surface area contributed by atoms with E-state index in [1.54, 1.807) is 0 Å². The van der Waals surface area contributed by atoms with Gasteiger partial charge >= 0.3 is 0 Å². The number of nitrogens with one attached hydrogen (secondary N) is 1. The minimum Gasteiger partial charge on any atom is -0.392 e. The first-order chi connectivity index (χ1) is 7.77. The number of aliphatic hydroxyl groups excluding tert-OH is 1. The second-order valence-electron chi connectivity index (χ2n) is 5.25. The highest BCUT2D eigenvalue weighted by atomic mass is 16.3. The highest BCUT2D eigenvalue weighted by molar-refractivity contribution is 4.83. The van der Waals surface area contributed by atoms with E-state index in [0.717, 1.165) is 12.8 Å². The molecule has 2 N–H and O–H groups in total. The van der Waals surface area contributed by atoms with E-state index in [0.29, 0.717) is 12.1 Å². The van der Waals surface area contributed by atoms with Gasteiger partial charge in [0.1, 0.15) is 0 Å². The van der Waals surface area contributed by atoms with Crippen LogP contribution in [-0.4, -0.2) is 23.3 Å². The molecule has 0 aromatic carbocycles. The van der Waals surface area contributed by atoms with Gasteiger partial charge in [-0.15, -0.1) is 0 Å². The Hall–Kier alpha value is -0.0800. The summed E-state index contributed by atoms with van der Waals surface area (Å²) in [5.41, 5.74) is 0. The first kappa shape index (κ1) is 14.0. The fourth-order valence-electron chi connectivity index (χ4n) is 2.72. The van der Waals surface area contributed by atoms with Crippen LogP contribution in [0.15, 0.2) is 0 Å². The summed E-state index contributed by atoms with van der Waals surface area (Å²) in [5.74, 6) is 0. The Morgan fingerprint density at radius 3 is 2.50 bits per heavy atom. The second kappa shape index (κ2) is 8.08. The van der Waals surface area contributed by atoms with Gasteiger partial charge in [0.2, 0.25) is 0 Å². The summed E-state index contributed by atoms with van der Waals surface area (Å²) < 4.78 is 0. The molecule has 0 aromatic rings. The second-order valence-corrected chi connectivity index (χ2v) is 5.25. The van der Waals surface area contributed by atoms with Crippen LogP contribution in [0.3, 0.4) is 0 Å². The van der Waals surface area contributed by atoms with Crippen LogP contribution in [0.2, 0.25) is 0 Å². The Bertz CT molecular complexity index is 172. The maximum absolute atomic E-state index is 9.95. The number of unbranched alkanes of at least 4 members (excludes halogenated alkanes) is 1. The van der Waals surface area contributed by atoms with E-state index in [4.69, 9.17) is 0 Å². The fourth-order valence-corrected chi connectivity index (χ4v) is 2.72. The molecular weight excluding hydrogens is 198 g/mol. The lowest BCUT2D eigenvalue weighted by Gasteiger charge is -2.32. The van der Waals surface area contributed by atoms with Crippen molar-refractivity contribution in [3.63, 3.8) is 0 Å². The van der Waals surface area contributed by atoms with Crippen molar-refractivity contribution in [2.75, 3.05) is 0 Å². The largest absolute Gasteiger partial charge is 0.392 e. The quantitative estimate of drug-likeness (QED) is 0.700. The lowest BCUT2D eigenvalue weighted by atomic mass is 9.91. The molecular formula is C14H29NO. The van der Waals surface area contributed by atoms with Crippen LogP contribution in [0.25, 0.3) is 0 Å². The molecule has 0 radical (unpaired) electrons. The molecule has 0 bridgehead atoms. The maximum atomic E-state index is 9.95. The van der Waals surface area contributed by atoms with Crippen molar-refractivity contribution in [1.29, 1.82) is 0 Å². The molecule has 0 saturated heterocycles. The molecule has 1 aliphatic carbocycles. The molecule has 3 atom stereocenters. The van der Waals surface area contributed by atoms with Gasteiger partial charge in [0.25, 0.3) is 0 Å². The predicted molar refractivity (Wildman–Crippen MR) is 69.6 cm³/mol. The van der Waals surface area contributed by atoms with E-state index in [1.165, 1.54) is 44.9 Å². The Morgan fingerprint density at radius 2 is 1.88 bits per heavy atom. The van der Waals surface area contributed by atoms with E-state index in [1.807, 2.05) is 0 Å². The first-order valence-corrected chi connectivity index (χ1v) is 7.22. The molecule has 16 heavy (non-hydrogen) atoms. The van der Waals surface area contributed by atoms with Crippen molar-refractivity contribution in [2.45, 2.75) is 89.8 Å². The van der Waals surface area contributed by atoms with Gasteiger partial charge in [-0.1, -0.05) is 46.0 Å². The van der Waals surface area contributed by atoms with Crippen molar-refractivity contribution in [1.82, 2.24) is 5.32 Å². The van der Waals surface area contributed by atoms with Gasteiger partial charge in [0.05, 0.1) is 6.10 Å². The molecule has 0 aromatic heterocycles. The SMILES string of the molecule is CCCCC(CCC)NC1CCCCC1O. The van der Waals surface area contributed by atoms with Crippen molar-refractivity contribution in [2.24, 2.45) is 0 Å². The van der Waals surface area contributed by atoms with Crippen LogP contribution >= 0.6 is 0 Å². The summed E-state index contributed by atoms with van der Waals surface area (Å²) in [5, 5.41) is 13.6. The van der Waals surface area contributed by atoms with E-state index < -0.39 is 0 Å². The summed E-state index contributed by atoms with van der Waals surface area (Å²) in [6, 6.07) is 0.991. The van der Waals surface area contributed by atoms with Gasteiger partial charge in [0.15, 0.2) is 0 Å². The molecule has 96 valence electrons. The third kappa shape index (κ3) is 4.84. The van der Waals surface area contributed by atoms with Crippen molar-refractivity contribution in [3.05, 3.63) is 0 Å². The maximum Gasteiger partial charge on any atom is 0.0693 e. The molecule has 0 amide bonds. The van der Waals surface area contributed by atoms with Crippen molar-refractivity contribution < 1.29 is 5.11 Å². The Labute approximate surface area is 101 Å². The number of hydrogen-bond acceptors (Lipinski definition) is 2. The van der Waals surface area contributed by atoms with Gasteiger partial charge in [-0.05, 0) is 25.7 Å². The molecule has 1 fully saturated rings. The van der Waals surface area contributed by atoms with Gasteiger partial charge in [-0.25, -0.2) is 0 Å². The Balaban J connectivity index is 2.33. The summed E-state index contributed by atoms with van der Waals surface area (Å²) in [4.78, 5) is 0. The predicted octanol–water partition coefficient (Wildman–Crippen LogP) is 3.24. The molecule has 0 aliphatic heterocycles. The van der Waals surface area contributed by atoms with E-state index >= 15 is 0 Å². The zero-order valence-corrected chi connectivity index (χ0v) is 11.0. The standard InChI is InChI=1S/C14H29NO/c1-3-5-9-12(8-4-2)15-13-10-6-7-11-14(13)16/h12-16H,3-11H2,1-2H3. The molecule has 1 saturated carbocycles.